The first kappa shape index (κ1) is 11.7. The van der Waals surface area contributed by atoms with E-state index in [1.54, 1.807) is 14.2 Å². The van der Waals surface area contributed by atoms with Crippen LogP contribution in [-0.2, 0) is 0 Å². The van der Waals surface area contributed by atoms with Crippen molar-refractivity contribution in [3.8, 4) is 11.5 Å². The third-order valence-corrected chi connectivity index (χ3v) is 2.05. The number of rotatable bonds is 6. The Morgan fingerprint density at radius 3 is 2.53 bits per heavy atom. The molecule has 0 heterocycles. The molecule has 4 nitrogen and oxygen atoms in total. The predicted octanol–water partition coefficient (Wildman–Crippen LogP) is 1.50. The zero-order chi connectivity index (χ0) is 11.1. The van der Waals surface area contributed by atoms with E-state index < -0.39 is 0 Å². The van der Waals surface area contributed by atoms with Gasteiger partial charge < -0.3 is 19.9 Å². The SMILES string of the molecule is COc1ccc(NCCCO)cc1OC. The van der Waals surface area contributed by atoms with E-state index in [1.807, 2.05) is 18.2 Å². The number of nitrogens with one attached hydrogen (secondary N) is 1. The Hall–Kier alpha value is -1.42. The summed E-state index contributed by atoms with van der Waals surface area (Å²) in [5, 5.41) is 11.8. The first-order valence-electron chi connectivity index (χ1n) is 4.88. The van der Waals surface area contributed by atoms with E-state index in [1.165, 1.54) is 0 Å². The number of anilines is 1. The van der Waals surface area contributed by atoms with E-state index in [9.17, 15) is 0 Å². The van der Waals surface area contributed by atoms with Gasteiger partial charge in [-0.15, -0.1) is 0 Å². The maximum atomic E-state index is 8.64. The summed E-state index contributed by atoms with van der Waals surface area (Å²) in [5.74, 6) is 1.41. The number of ether oxygens (including phenoxy) is 2. The zero-order valence-electron chi connectivity index (χ0n) is 9.12. The molecule has 1 aromatic carbocycles. The van der Waals surface area contributed by atoms with E-state index in [0.717, 1.165) is 18.7 Å². The summed E-state index contributed by atoms with van der Waals surface area (Å²) in [7, 11) is 3.21. The lowest BCUT2D eigenvalue weighted by Crippen LogP contribution is -2.03. The van der Waals surface area contributed by atoms with Crippen molar-refractivity contribution in [2.24, 2.45) is 0 Å². The summed E-state index contributed by atoms with van der Waals surface area (Å²) in [6, 6.07) is 5.63. The van der Waals surface area contributed by atoms with Crippen LogP contribution in [0.2, 0.25) is 0 Å². The molecule has 0 spiro atoms. The van der Waals surface area contributed by atoms with E-state index >= 15 is 0 Å². The minimum absolute atomic E-state index is 0.195. The van der Waals surface area contributed by atoms with Crippen LogP contribution in [0.25, 0.3) is 0 Å². The third kappa shape index (κ3) is 3.32. The van der Waals surface area contributed by atoms with Crippen molar-refractivity contribution in [2.45, 2.75) is 6.42 Å². The quantitative estimate of drug-likeness (QED) is 0.700. The summed E-state index contributed by atoms with van der Waals surface area (Å²) >= 11 is 0. The Balaban J connectivity index is 2.66. The van der Waals surface area contributed by atoms with Crippen molar-refractivity contribution in [3.63, 3.8) is 0 Å². The monoisotopic (exact) mass is 211 g/mol. The van der Waals surface area contributed by atoms with Crippen LogP contribution < -0.4 is 14.8 Å². The fourth-order valence-corrected chi connectivity index (χ4v) is 1.26. The van der Waals surface area contributed by atoms with Crippen LogP contribution in [0, 0.1) is 0 Å². The van der Waals surface area contributed by atoms with Crippen molar-refractivity contribution >= 4 is 5.69 Å². The van der Waals surface area contributed by atoms with Gasteiger partial charge in [0.25, 0.3) is 0 Å². The normalized spacial score (nSPS) is 9.80. The first-order chi connectivity index (χ1) is 7.31. The van der Waals surface area contributed by atoms with Crippen LogP contribution in [0.5, 0.6) is 11.5 Å². The minimum Gasteiger partial charge on any atom is -0.493 e. The Morgan fingerprint density at radius 2 is 1.93 bits per heavy atom. The Bertz CT molecular complexity index is 302. The second-order valence-electron chi connectivity index (χ2n) is 3.07. The van der Waals surface area contributed by atoms with Gasteiger partial charge in [-0.25, -0.2) is 0 Å². The van der Waals surface area contributed by atoms with Crippen LogP contribution in [0.15, 0.2) is 18.2 Å². The van der Waals surface area contributed by atoms with Crippen LogP contribution in [0.3, 0.4) is 0 Å². The largest absolute Gasteiger partial charge is 0.493 e. The average molecular weight is 211 g/mol. The second kappa shape index (κ2) is 6.14. The van der Waals surface area contributed by atoms with Gasteiger partial charge in [-0.1, -0.05) is 0 Å². The van der Waals surface area contributed by atoms with Gasteiger partial charge in [0.15, 0.2) is 11.5 Å². The van der Waals surface area contributed by atoms with Crippen molar-refractivity contribution in [1.29, 1.82) is 0 Å². The lowest BCUT2D eigenvalue weighted by atomic mass is 10.2. The van der Waals surface area contributed by atoms with Gasteiger partial charge in [-0.3, -0.25) is 0 Å². The molecule has 0 saturated heterocycles. The molecule has 1 aromatic rings. The number of aliphatic hydroxyl groups excluding tert-OH is 1. The number of benzene rings is 1. The molecule has 2 N–H and O–H groups in total. The van der Waals surface area contributed by atoms with Gasteiger partial charge in [-0.2, -0.15) is 0 Å². The van der Waals surface area contributed by atoms with Gasteiger partial charge in [0.05, 0.1) is 14.2 Å². The van der Waals surface area contributed by atoms with E-state index in [0.29, 0.717) is 11.5 Å². The molecule has 0 amide bonds. The molecule has 84 valence electrons. The Labute approximate surface area is 89.8 Å². The fourth-order valence-electron chi connectivity index (χ4n) is 1.26. The Kier molecular flexibility index (Phi) is 4.77. The Morgan fingerprint density at radius 1 is 1.20 bits per heavy atom. The first-order valence-corrected chi connectivity index (χ1v) is 4.88. The van der Waals surface area contributed by atoms with E-state index in [4.69, 9.17) is 14.6 Å². The minimum atomic E-state index is 0.195. The molecule has 0 aliphatic carbocycles. The van der Waals surface area contributed by atoms with Crippen LogP contribution in [0.1, 0.15) is 6.42 Å². The van der Waals surface area contributed by atoms with Crippen LogP contribution >= 0.6 is 0 Å². The van der Waals surface area contributed by atoms with Crippen molar-refractivity contribution in [2.75, 3.05) is 32.7 Å². The number of methoxy groups -OCH3 is 2. The molecule has 0 unspecified atom stereocenters. The highest BCUT2D eigenvalue weighted by Crippen LogP contribution is 2.29. The highest BCUT2D eigenvalue weighted by molar-refractivity contribution is 5.54. The molecular formula is C11H17NO3. The summed E-state index contributed by atoms with van der Waals surface area (Å²) < 4.78 is 10.3. The summed E-state index contributed by atoms with van der Waals surface area (Å²) in [4.78, 5) is 0. The van der Waals surface area contributed by atoms with Gasteiger partial charge >= 0.3 is 0 Å². The third-order valence-electron chi connectivity index (χ3n) is 2.05. The molecule has 0 bridgehead atoms. The molecule has 0 aromatic heterocycles. The topological polar surface area (TPSA) is 50.7 Å². The molecule has 0 aliphatic rings. The number of aliphatic hydroxyl groups is 1. The van der Waals surface area contributed by atoms with Crippen molar-refractivity contribution < 1.29 is 14.6 Å². The van der Waals surface area contributed by atoms with E-state index in [-0.39, 0.29) is 6.61 Å². The van der Waals surface area contributed by atoms with Gasteiger partial charge in [0.1, 0.15) is 0 Å². The van der Waals surface area contributed by atoms with E-state index in [2.05, 4.69) is 5.32 Å². The number of hydrogen-bond acceptors (Lipinski definition) is 4. The lowest BCUT2D eigenvalue weighted by Gasteiger charge is -2.10. The molecule has 0 radical (unpaired) electrons. The number of hydrogen-bond donors (Lipinski definition) is 2. The summed E-state index contributed by atoms with van der Waals surface area (Å²) in [5.41, 5.74) is 0.959. The maximum Gasteiger partial charge on any atom is 0.162 e. The molecular weight excluding hydrogens is 194 g/mol. The molecule has 0 aliphatic heterocycles. The molecule has 1 rings (SSSR count). The predicted molar refractivity (Wildman–Crippen MR) is 59.7 cm³/mol. The highest BCUT2D eigenvalue weighted by Gasteiger charge is 2.03. The summed E-state index contributed by atoms with van der Waals surface area (Å²) in [6.07, 6.45) is 0.731. The average Bonchev–Trinajstić information content (AvgIpc) is 2.29. The zero-order valence-corrected chi connectivity index (χ0v) is 9.12. The molecule has 0 atom stereocenters. The van der Waals surface area contributed by atoms with Gasteiger partial charge in [0, 0.05) is 24.9 Å². The van der Waals surface area contributed by atoms with Crippen LogP contribution in [0.4, 0.5) is 5.69 Å². The van der Waals surface area contributed by atoms with Crippen molar-refractivity contribution in [1.82, 2.24) is 0 Å². The second-order valence-corrected chi connectivity index (χ2v) is 3.07. The summed E-state index contributed by atoms with van der Waals surface area (Å²) in [6.45, 7) is 0.937. The van der Waals surface area contributed by atoms with Crippen LogP contribution in [-0.4, -0.2) is 32.5 Å². The molecule has 0 saturated carbocycles. The fraction of sp³-hybridized carbons (Fsp3) is 0.455. The molecule has 4 heteroatoms. The highest BCUT2D eigenvalue weighted by atomic mass is 16.5. The standard InChI is InChI=1S/C11H17NO3/c1-14-10-5-4-9(8-11(10)15-2)12-6-3-7-13/h4-5,8,12-13H,3,6-7H2,1-2H3. The molecule has 15 heavy (non-hydrogen) atoms. The van der Waals surface area contributed by atoms with Gasteiger partial charge in [-0.05, 0) is 18.6 Å². The maximum absolute atomic E-state index is 8.64. The molecule has 0 fully saturated rings. The van der Waals surface area contributed by atoms with Gasteiger partial charge in [0.2, 0.25) is 0 Å². The van der Waals surface area contributed by atoms with Crippen molar-refractivity contribution in [3.05, 3.63) is 18.2 Å². The lowest BCUT2D eigenvalue weighted by molar-refractivity contribution is 0.292. The smallest absolute Gasteiger partial charge is 0.162 e.